The van der Waals surface area contributed by atoms with E-state index in [4.69, 9.17) is 5.73 Å². The minimum Gasteiger partial charge on any atom is -0.326 e. The second-order valence-electron chi connectivity index (χ2n) is 5.30. The van der Waals surface area contributed by atoms with Gasteiger partial charge in [-0.05, 0) is 31.0 Å². The van der Waals surface area contributed by atoms with E-state index < -0.39 is 0 Å². The molecule has 1 aliphatic heterocycles. The van der Waals surface area contributed by atoms with Gasteiger partial charge in [0.25, 0.3) is 0 Å². The fourth-order valence-electron chi connectivity index (χ4n) is 2.30. The quantitative estimate of drug-likeness (QED) is 0.792. The molecule has 0 spiro atoms. The molecule has 1 saturated heterocycles. The third kappa shape index (κ3) is 4.46. The molecule has 2 rings (SSSR count). The Morgan fingerprint density at radius 3 is 2.67 bits per heavy atom. The number of urea groups is 1. The number of carbonyl (C=O) groups is 2. The number of amides is 3. The summed E-state index contributed by atoms with van der Waals surface area (Å²) in [4.78, 5) is 25.3. The van der Waals surface area contributed by atoms with Crippen molar-refractivity contribution < 1.29 is 9.59 Å². The molecule has 0 bridgehead atoms. The largest absolute Gasteiger partial charge is 0.326 e. The lowest BCUT2D eigenvalue weighted by molar-refractivity contribution is -0.116. The fraction of sp³-hybridized carbons (Fsp3) is 0.467. The topological polar surface area (TPSA) is 87.5 Å². The first-order valence-electron chi connectivity index (χ1n) is 7.30. The molecule has 0 aliphatic carbocycles. The average molecular weight is 290 g/mol. The molecule has 1 aliphatic rings. The van der Waals surface area contributed by atoms with Crippen molar-refractivity contribution in [3.63, 3.8) is 0 Å². The minimum absolute atomic E-state index is 0.0218. The Hall–Kier alpha value is -2.08. The molecular formula is C15H22N4O2. The molecule has 1 aromatic rings. The number of nitrogens with zero attached hydrogens (tertiary/aromatic N) is 1. The average Bonchev–Trinajstić information content (AvgIpc) is 2.86. The number of anilines is 2. The molecule has 6 heteroatoms. The number of hydrogen-bond donors (Lipinski definition) is 3. The lowest BCUT2D eigenvalue weighted by Gasteiger charge is -2.17. The molecule has 0 radical (unpaired) electrons. The predicted molar refractivity (Wildman–Crippen MR) is 83.2 cm³/mol. The van der Waals surface area contributed by atoms with Crippen LogP contribution < -0.4 is 16.4 Å². The first-order chi connectivity index (χ1) is 10.1. The van der Waals surface area contributed by atoms with E-state index in [1.807, 2.05) is 6.92 Å². The molecule has 1 aromatic carbocycles. The summed E-state index contributed by atoms with van der Waals surface area (Å²) < 4.78 is 0. The summed E-state index contributed by atoms with van der Waals surface area (Å²) in [6, 6.07) is 7.06. The smallest absolute Gasteiger partial charge is 0.321 e. The van der Waals surface area contributed by atoms with Crippen molar-refractivity contribution in [1.29, 1.82) is 0 Å². The Kier molecular flexibility index (Phi) is 5.16. The summed E-state index contributed by atoms with van der Waals surface area (Å²) in [5.74, 6) is -0.0218. The number of carbonyl (C=O) groups excluding carboxylic acids is 2. The van der Waals surface area contributed by atoms with E-state index in [-0.39, 0.29) is 18.0 Å². The highest BCUT2D eigenvalue weighted by molar-refractivity contribution is 5.93. The molecule has 3 amide bonds. The van der Waals surface area contributed by atoms with E-state index in [1.54, 1.807) is 29.2 Å². The summed E-state index contributed by atoms with van der Waals surface area (Å²) >= 11 is 0. The van der Waals surface area contributed by atoms with Crippen molar-refractivity contribution in [3.05, 3.63) is 24.3 Å². The van der Waals surface area contributed by atoms with Gasteiger partial charge in [0.05, 0.1) is 0 Å². The molecule has 4 N–H and O–H groups in total. The zero-order valence-corrected chi connectivity index (χ0v) is 12.3. The van der Waals surface area contributed by atoms with Crippen LogP contribution in [0.4, 0.5) is 16.2 Å². The van der Waals surface area contributed by atoms with Gasteiger partial charge in [-0.15, -0.1) is 0 Å². The Morgan fingerprint density at radius 2 is 2.05 bits per heavy atom. The summed E-state index contributed by atoms with van der Waals surface area (Å²) in [7, 11) is 0. The van der Waals surface area contributed by atoms with Crippen LogP contribution >= 0.6 is 0 Å². The van der Waals surface area contributed by atoms with Crippen molar-refractivity contribution in [3.8, 4) is 0 Å². The molecular weight excluding hydrogens is 268 g/mol. The molecule has 114 valence electrons. The summed E-state index contributed by atoms with van der Waals surface area (Å²) in [5.41, 5.74) is 7.14. The van der Waals surface area contributed by atoms with Gasteiger partial charge >= 0.3 is 6.03 Å². The van der Waals surface area contributed by atoms with Gasteiger partial charge in [-0.2, -0.15) is 0 Å². The predicted octanol–water partition coefficient (Wildman–Crippen LogP) is 1.99. The van der Waals surface area contributed by atoms with Crippen LogP contribution in [0, 0.1) is 0 Å². The van der Waals surface area contributed by atoms with Gasteiger partial charge < -0.3 is 21.3 Å². The van der Waals surface area contributed by atoms with Crippen LogP contribution in [0.2, 0.25) is 0 Å². The van der Waals surface area contributed by atoms with Gasteiger partial charge in [-0.3, -0.25) is 4.79 Å². The minimum atomic E-state index is -0.153. The third-order valence-corrected chi connectivity index (χ3v) is 3.39. The highest BCUT2D eigenvalue weighted by Crippen LogP contribution is 2.17. The van der Waals surface area contributed by atoms with E-state index in [0.29, 0.717) is 30.9 Å². The number of hydrogen-bond acceptors (Lipinski definition) is 3. The van der Waals surface area contributed by atoms with Crippen molar-refractivity contribution in [2.75, 3.05) is 23.7 Å². The highest BCUT2D eigenvalue weighted by atomic mass is 16.2. The first-order valence-corrected chi connectivity index (χ1v) is 7.30. The summed E-state index contributed by atoms with van der Waals surface area (Å²) in [6.07, 6.45) is 2.13. The molecule has 6 nitrogen and oxygen atoms in total. The highest BCUT2D eigenvalue weighted by Gasteiger charge is 2.23. The van der Waals surface area contributed by atoms with Crippen LogP contribution in [0.15, 0.2) is 24.3 Å². The molecule has 1 fully saturated rings. The van der Waals surface area contributed by atoms with E-state index in [1.165, 1.54) is 0 Å². The second kappa shape index (κ2) is 7.08. The molecule has 1 atom stereocenters. The van der Waals surface area contributed by atoms with Gasteiger partial charge in [0.1, 0.15) is 0 Å². The summed E-state index contributed by atoms with van der Waals surface area (Å²) in [6.45, 7) is 3.22. The fourth-order valence-corrected chi connectivity index (χ4v) is 2.30. The van der Waals surface area contributed by atoms with Crippen molar-refractivity contribution in [2.45, 2.75) is 32.2 Å². The maximum absolute atomic E-state index is 12.1. The molecule has 0 saturated carbocycles. The Bertz CT molecular complexity index is 518. The molecule has 1 unspecified atom stereocenters. The van der Waals surface area contributed by atoms with Crippen molar-refractivity contribution in [2.24, 2.45) is 5.73 Å². The monoisotopic (exact) mass is 290 g/mol. The van der Waals surface area contributed by atoms with Gasteiger partial charge in [0.2, 0.25) is 5.91 Å². The zero-order valence-electron chi connectivity index (χ0n) is 12.3. The van der Waals surface area contributed by atoms with Crippen LogP contribution in [0.5, 0.6) is 0 Å². The van der Waals surface area contributed by atoms with Crippen molar-refractivity contribution >= 4 is 23.3 Å². The normalized spacial score (nSPS) is 17.6. The van der Waals surface area contributed by atoms with Gasteiger partial charge in [-0.1, -0.05) is 13.0 Å². The standard InChI is InChI=1S/C15H22N4O2/c1-2-4-14(20)17-12-5-3-6-13(9-12)18-15(21)19-8-7-11(16)10-19/h3,5-6,9,11H,2,4,7-8,10,16H2,1H3,(H,17,20)(H,18,21). The Labute approximate surface area is 124 Å². The zero-order chi connectivity index (χ0) is 15.2. The lowest BCUT2D eigenvalue weighted by Crippen LogP contribution is -2.35. The maximum atomic E-state index is 12.1. The number of likely N-dealkylation sites (tertiary alicyclic amines) is 1. The Balaban J connectivity index is 1.94. The maximum Gasteiger partial charge on any atom is 0.321 e. The molecule has 21 heavy (non-hydrogen) atoms. The summed E-state index contributed by atoms with van der Waals surface area (Å²) in [5, 5.41) is 5.64. The lowest BCUT2D eigenvalue weighted by atomic mass is 10.2. The van der Waals surface area contributed by atoms with E-state index in [0.717, 1.165) is 12.8 Å². The van der Waals surface area contributed by atoms with Crippen LogP contribution in [0.3, 0.4) is 0 Å². The van der Waals surface area contributed by atoms with Gasteiger partial charge in [-0.25, -0.2) is 4.79 Å². The van der Waals surface area contributed by atoms with Crippen LogP contribution in [0.1, 0.15) is 26.2 Å². The second-order valence-corrected chi connectivity index (χ2v) is 5.30. The van der Waals surface area contributed by atoms with E-state index >= 15 is 0 Å². The number of rotatable bonds is 4. The molecule has 0 aromatic heterocycles. The molecule has 1 heterocycles. The third-order valence-electron chi connectivity index (χ3n) is 3.39. The van der Waals surface area contributed by atoms with Crippen LogP contribution in [-0.4, -0.2) is 36.0 Å². The van der Waals surface area contributed by atoms with E-state index in [9.17, 15) is 9.59 Å². The van der Waals surface area contributed by atoms with Crippen LogP contribution in [0.25, 0.3) is 0 Å². The van der Waals surface area contributed by atoms with Crippen LogP contribution in [-0.2, 0) is 4.79 Å². The Morgan fingerprint density at radius 1 is 1.33 bits per heavy atom. The van der Waals surface area contributed by atoms with Gasteiger partial charge in [0.15, 0.2) is 0 Å². The van der Waals surface area contributed by atoms with Crippen molar-refractivity contribution in [1.82, 2.24) is 4.90 Å². The van der Waals surface area contributed by atoms with Gasteiger partial charge in [0, 0.05) is 36.9 Å². The number of nitrogens with one attached hydrogen (secondary N) is 2. The SMILES string of the molecule is CCCC(=O)Nc1cccc(NC(=O)N2CCC(N)C2)c1. The first kappa shape index (κ1) is 15.3. The number of nitrogens with two attached hydrogens (primary N) is 1. The number of benzene rings is 1. The van der Waals surface area contributed by atoms with E-state index in [2.05, 4.69) is 10.6 Å².